The molecule has 236 valence electrons. The number of phenolic OH excluding ortho intramolecular Hbond substituents is 1. The van der Waals surface area contributed by atoms with Gasteiger partial charge in [-0.25, -0.2) is 4.57 Å². The molecule has 1 N–H and O–H groups in total. The molecule has 0 saturated heterocycles. The highest BCUT2D eigenvalue weighted by molar-refractivity contribution is 7.49. The minimum Gasteiger partial charge on any atom is -0.507 e. The van der Waals surface area contributed by atoms with Gasteiger partial charge < -0.3 is 9.63 Å². The summed E-state index contributed by atoms with van der Waals surface area (Å²) in [5, 5.41) is 13.3. The molecule has 43 heavy (non-hydrogen) atoms. The summed E-state index contributed by atoms with van der Waals surface area (Å²) in [5.74, 6) is 0.292. The Labute approximate surface area is 257 Å². The Kier molecular flexibility index (Phi) is 7.28. The fourth-order valence-electron chi connectivity index (χ4n) is 9.89. The van der Waals surface area contributed by atoms with Gasteiger partial charge >= 0.3 is 13.8 Å². The van der Waals surface area contributed by atoms with E-state index in [1.807, 2.05) is 6.92 Å². The zero-order valence-electron chi connectivity index (χ0n) is 27.5. The van der Waals surface area contributed by atoms with Crippen molar-refractivity contribution >= 4 is 25.4 Å². The maximum atomic E-state index is 13.8. The van der Waals surface area contributed by atoms with E-state index >= 15 is 0 Å². The summed E-state index contributed by atoms with van der Waals surface area (Å²) in [6.45, 7) is 17.6. The SMILES string of the molecule is CCOP(=O)(OCC)OC(=O)[C@]1(C)CC[C@]2(C)CC[C@]3(C)C4=CC=c5c(cc(=C6CC6)c(O)c5C)[C@]4(C)CC[C@@]3(C)C2C1. The number of rotatable bonds is 6. The fraction of sp³-hybridized carbons (Fsp3) is 0.694. The van der Waals surface area contributed by atoms with E-state index in [2.05, 4.69) is 52.8 Å². The van der Waals surface area contributed by atoms with Gasteiger partial charge in [0.05, 0.1) is 18.6 Å². The van der Waals surface area contributed by atoms with Crippen LogP contribution in [-0.4, -0.2) is 24.3 Å². The van der Waals surface area contributed by atoms with Crippen LogP contribution in [0.2, 0.25) is 0 Å². The monoisotopic (exact) mass is 610 g/mol. The molecule has 0 radical (unpaired) electrons. The summed E-state index contributed by atoms with van der Waals surface area (Å²) >= 11 is 0. The summed E-state index contributed by atoms with van der Waals surface area (Å²) in [7, 11) is -3.95. The first-order valence-corrected chi connectivity index (χ1v) is 18.0. The van der Waals surface area contributed by atoms with Crippen LogP contribution in [0.25, 0.3) is 11.6 Å². The Morgan fingerprint density at radius 3 is 2.23 bits per heavy atom. The number of carbonyl (C=O) groups is 1. The lowest BCUT2D eigenvalue weighted by atomic mass is 9.35. The lowest BCUT2D eigenvalue weighted by Crippen LogP contribution is -2.63. The lowest BCUT2D eigenvalue weighted by molar-refractivity contribution is -0.176. The number of fused-ring (bicyclic) bond motifs is 7. The van der Waals surface area contributed by atoms with Gasteiger partial charge in [-0.15, -0.1) is 0 Å². The first-order chi connectivity index (χ1) is 20.1. The van der Waals surface area contributed by atoms with Gasteiger partial charge in [-0.05, 0) is 130 Å². The van der Waals surface area contributed by atoms with Crippen molar-refractivity contribution < 1.29 is 28.0 Å². The highest BCUT2D eigenvalue weighted by Gasteiger charge is 2.67. The van der Waals surface area contributed by atoms with Crippen LogP contribution >= 0.6 is 7.82 Å². The molecule has 5 aliphatic carbocycles. The van der Waals surface area contributed by atoms with E-state index in [9.17, 15) is 14.5 Å². The quantitative estimate of drug-likeness (QED) is 0.332. The van der Waals surface area contributed by atoms with Gasteiger partial charge in [-0.3, -0.25) is 13.8 Å². The molecule has 6 atom stereocenters. The highest BCUT2D eigenvalue weighted by atomic mass is 31.2. The van der Waals surface area contributed by atoms with E-state index in [4.69, 9.17) is 13.6 Å². The van der Waals surface area contributed by atoms with Crippen molar-refractivity contribution in [3.05, 3.63) is 39.3 Å². The molecule has 1 aromatic rings. The van der Waals surface area contributed by atoms with E-state index in [1.165, 1.54) is 21.9 Å². The van der Waals surface area contributed by atoms with Crippen molar-refractivity contribution in [2.45, 2.75) is 119 Å². The van der Waals surface area contributed by atoms with Crippen molar-refractivity contribution in [2.75, 3.05) is 13.2 Å². The molecule has 7 heteroatoms. The molecule has 0 spiro atoms. The summed E-state index contributed by atoms with van der Waals surface area (Å²) in [5.41, 5.74) is 4.42. The van der Waals surface area contributed by atoms with Crippen LogP contribution < -0.4 is 10.4 Å². The zero-order valence-corrected chi connectivity index (χ0v) is 28.4. The molecule has 6 rings (SSSR count). The summed E-state index contributed by atoms with van der Waals surface area (Å²) in [6.07, 6.45) is 13.5. The van der Waals surface area contributed by atoms with Gasteiger partial charge in [0.1, 0.15) is 5.75 Å². The number of hydrogen-bond donors (Lipinski definition) is 1. The maximum absolute atomic E-state index is 13.8. The molecular weight excluding hydrogens is 559 g/mol. The number of phosphoric acid groups is 1. The molecule has 1 unspecified atom stereocenters. The van der Waals surface area contributed by atoms with Gasteiger partial charge in [0, 0.05) is 10.6 Å². The van der Waals surface area contributed by atoms with Gasteiger partial charge in [0.25, 0.3) is 0 Å². The first kappa shape index (κ1) is 31.1. The van der Waals surface area contributed by atoms with E-state index in [0.29, 0.717) is 24.5 Å². The molecule has 6 nitrogen and oxygen atoms in total. The maximum Gasteiger partial charge on any atom is 0.532 e. The molecule has 0 heterocycles. The third-order valence-electron chi connectivity index (χ3n) is 13.0. The van der Waals surface area contributed by atoms with Gasteiger partial charge in [0.2, 0.25) is 0 Å². The number of hydrogen-bond acceptors (Lipinski definition) is 6. The minimum atomic E-state index is -3.95. The van der Waals surface area contributed by atoms with Crippen LogP contribution in [0.15, 0.2) is 17.7 Å². The molecule has 4 saturated carbocycles. The van der Waals surface area contributed by atoms with Gasteiger partial charge in [-0.1, -0.05) is 51.0 Å². The largest absolute Gasteiger partial charge is 0.532 e. The molecule has 0 amide bonds. The summed E-state index contributed by atoms with van der Waals surface area (Å²) < 4.78 is 29.4. The number of aromatic hydroxyl groups is 1. The molecule has 5 aliphatic rings. The van der Waals surface area contributed by atoms with Crippen LogP contribution in [0.1, 0.15) is 117 Å². The number of allylic oxidation sites excluding steroid dienone is 2. The number of phenols is 1. The van der Waals surface area contributed by atoms with Crippen molar-refractivity contribution in [1.82, 2.24) is 0 Å². The lowest BCUT2D eigenvalue weighted by Gasteiger charge is -2.69. The average molecular weight is 611 g/mol. The Morgan fingerprint density at radius 2 is 1.60 bits per heavy atom. The van der Waals surface area contributed by atoms with E-state index in [1.54, 1.807) is 13.8 Å². The fourth-order valence-corrected chi connectivity index (χ4v) is 11.1. The van der Waals surface area contributed by atoms with Crippen LogP contribution in [0, 0.1) is 34.5 Å². The minimum absolute atomic E-state index is 0.0256. The van der Waals surface area contributed by atoms with E-state index in [0.717, 1.165) is 55.7 Å². The number of carbonyl (C=O) groups excluding carboxylic acids is 1. The van der Waals surface area contributed by atoms with Crippen LogP contribution in [0.5, 0.6) is 5.75 Å². The van der Waals surface area contributed by atoms with E-state index < -0.39 is 19.2 Å². The normalized spacial score (nSPS) is 38.1. The molecule has 0 aromatic heterocycles. The molecule has 4 fully saturated rings. The van der Waals surface area contributed by atoms with Crippen LogP contribution in [0.3, 0.4) is 0 Å². The second-order valence-electron chi connectivity index (χ2n) is 15.4. The third-order valence-corrected chi connectivity index (χ3v) is 14.6. The van der Waals surface area contributed by atoms with Gasteiger partial charge in [-0.2, -0.15) is 0 Å². The van der Waals surface area contributed by atoms with Crippen molar-refractivity contribution in [2.24, 2.45) is 27.6 Å². The topological polar surface area (TPSA) is 82.1 Å². The predicted molar refractivity (Wildman–Crippen MR) is 170 cm³/mol. The standard InChI is InChI=1S/C36H51O6P/c1-9-40-43(39,41-10-2)42-31(38)33(5)16-15-32(4)17-19-35(7)28-14-13-25-23(3)30(37)26(24-11-12-24)21-27(25)34(28,6)18-20-36(35,8)29(32)22-33/h13-14,21,29,37H,9-12,15-20,22H2,1-8H3/t29?,32-,33-,34+,35-,36+/m1/s1. The predicted octanol–water partition coefficient (Wildman–Crippen LogP) is 7.76. The van der Waals surface area contributed by atoms with Crippen molar-refractivity contribution in [3.63, 3.8) is 0 Å². The number of phosphoric ester groups is 1. The Morgan fingerprint density at radius 1 is 0.953 bits per heavy atom. The van der Waals surface area contributed by atoms with E-state index in [-0.39, 0.29) is 34.9 Å². The van der Waals surface area contributed by atoms with Crippen molar-refractivity contribution in [3.8, 4) is 5.75 Å². The molecular formula is C36H51O6P. The molecule has 1 aromatic carbocycles. The third kappa shape index (κ3) is 4.48. The second-order valence-corrected chi connectivity index (χ2v) is 17.0. The first-order valence-electron chi connectivity index (χ1n) is 16.5. The number of benzene rings is 1. The summed E-state index contributed by atoms with van der Waals surface area (Å²) in [4.78, 5) is 13.8. The average Bonchev–Trinajstić information content (AvgIpc) is 3.79. The van der Waals surface area contributed by atoms with Crippen LogP contribution in [0.4, 0.5) is 0 Å². The van der Waals surface area contributed by atoms with Gasteiger partial charge in [0.15, 0.2) is 0 Å². The van der Waals surface area contributed by atoms with Crippen LogP contribution in [-0.2, 0) is 28.3 Å². The Balaban J connectivity index is 1.38. The molecule has 0 bridgehead atoms. The van der Waals surface area contributed by atoms with Crippen molar-refractivity contribution in [1.29, 1.82) is 0 Å². The zero-order chi connectivity index (χ0) is 31.2. The molecule has 0 aliphatic heterocycles. The second kappa shape index (κ2) is 10.1. The Hall–Kier alpha value is -1.88. The Bertz CT molecular complexity index is 1560. The smallest absolute Gasteiger partial charge is 0.507 e. The highest BCUT2D eigenvalue weighted by Crippen LogP contribution is 2.74. The summed E-state index contributed by atoms with van der Waals surface area (Å²) in [6, 6.07) is 2.31.